The molecule has 0 saturated heterocycles. The van der Waals surface area contributed by atoms with Crippen LogP contribution >= 0.6 is 23.7 Å². The third-order valence-corrected chi connectivity index (χ3v) is 3.45. The van der Waals surface area contributed by atoms with Gasteiger partial charge in [-0.3, -0.25) is 10.4 Å². The summed E-state index contributed by atoms with van der Waals surface area (Å²) in [6.07, 6.45) is 4.31. The summed E-state index contributed by atoms with van der Waals surface area (Å²) in [6.45, 7) is 2.04. The van der Waals surface area contributed by atoms with E-state index in [0.717, 1.165) is 21.9 Å². The Morgan fingerprint density at radius 3 is 2.53 bits per heavy atom. The lowest BCUT2D eigenvalue weighted by Gasteiger charge is -1.94. The average Bonchev–Trinajstić information content (AvgIpc) is 2.74. The zero-order valence-corrected chi connectivity index (χ0v) is 10.9. The Hall–Kier alpha value is -1.46. The maximum Gasteiger partial charge on any atom is 0.142 e. The van der Waals surface area contributed by atoms with Crippen molar-refractivity contribution in [2.75, 3.05) is 0 Å². The van der Waals surface area contributed by atoms with Crippen LogP contribution in [-0.2, 0) is 6.42 Å². The van der Waals surface area contributed by atoms with Gasteiger partial charge in [-0.1, -0.05) is 6.92 Å². The summed E-state index contributed by atoms with van der Waals surface area (Å²) in [5.41, 5.74) is 7.12. The van der Waals surface area contributed by atoms with E-state index in [1.165, 1.54) is 0 Å². The molecule has 6 heteroatoms. The molecule has 0 fully saturated rings. The second-order valence-corrected chi connectivity index (χ2v) is 4.38. The SMILES string of the molecule is CCc1sc(-c2ccncc2)nc1C(=N)N.Cl. The van der Waals surface area contributed by atoms with Crippen molar-refractivity contribution in [1.82, 2.24) is 9.97 Å². The maximum absolute atomic E-state index is 7.46. The fraction of sp³-hybridized carbons (Fsp3) is 0.182. The van der Waals surface area contributed by atoms with Crippen molar-refractivity contribution in [2.24, 2.45) is 5.73 Å². The Labute approximate surface area is 110 Å². The van der Waals surface area contributed by atoms with Gasteiger partial charge < -0.3 is 5.73 Å². The lowest BCUT2D eigenvalue weighted by molar-refractivity contribution is 1.15. The number of halogens is 1. The summed E-state index contributed by atoms with van der Waals surface area (Å²) < 4.78 is 0. The number of pyridine rings is 1. The molecule has 17 heavy (non-hydrogen) atoms. The van der Waals surface area contributed by atoms with E-state index < -0.39 is 0 Å². The first-order valence-corrected chi connectivity index (χ1v) is 5.78. The normalized spacial score (nSPS) is 9.71. The van der Waals surface area contributed by atoms with E-state index in [1.807, 2.05) is 19.1 Å². The molecule has 2 aromatic rings. The highest BCUT2D eigenvalue weighted by atomic mass is 35.5. The monoisotopic (exact) mass is 268 g/mol. The molecule has 0 aliphatic heterocycles. The Kier molecular flexibility index (Phi) is 4.60. The van der Waals surface area contributed by atoms with E-state index in [2.05, 4.69) is 9.97 Å². The molecular formula is C11H13ClN4S. The van der Waals surface area contributed by atoms with Crippen LogP contribution in [0.15, 0.2) is 24.5 Å². The predicted octanol–water partition coefficient (Wildman–Crippen LogP) is 2.47. The molecule has 0 radical (unpaired) electrons. The molecular weight excluding hydrogens is 256 g/mol. The van der Waals surface area contributed by atoms with Gasteiger partial charge in [0.2, 0.25) is 0 Å². The van der Waals surface area contributed by atoms with E-state index >= 15 is 0 Å². The number of hydrogen-bond acceptors (Lipinski definition) is 4. The van der Waals surface area contributed by atoms with Gasteiger partial charge in [0, 0.05) is 22.8 Å². The largest absolute Gasteiger partial charge is 0.382 e. The highest BCUT2D eigenvalue weighted by molar-refractivity contribution is 7.15. The second kappa shape index (κ2) is 5.75. The highest BCUT2D eigenvalue weighted by Gasteiger charge is 2.12. The number of nitrogens with one attached hydrogen (secondary N) is 1. The number of aromatic nitrogens is 2. The predicted molar refractivity (Wildman–Crippen MR) is 73.0 cm³/mol. The summed E-state index contributed by atoms with van der Waals surface area (Å²) in [6, 6.07) is 3.81. The minimum absolute atomic E-state index is 0. The van der Waals surface area contributed by atoms with E-state index in [0.29, 0.717) is 5.69 Å². The first kappa shape index (κ1) is 13.6. The summed E-state index contributed by atoms with van der Waals surface area (Å²) in [5.74, 6) is 0.0356. The maximum atomic E-state index is 7.46. The van der Waals surface area contributed by atoms with Crippen molar-refractivity contribution < 1.29 is 0 Å². The van der Waals surface area contributed by atoms with Crippen LogP contribution in [0.1, 0.15) is 17.5 Å². The van der Waals surface area contributed by atoms with Gasteiger partial charge in [0.1, 0.15) is 16.5 Å². The number of aryl methyl sites for hydroxylation is 1. The third-order valence-electron chi connectivity index (χ3n) is 2.20. The standard InChI is InChI=1S/C11H12N4S.ClH/c1-2-8-9(10(12)13)15-11(16-8)7-3-5-14-6-4-7;/h3-6H,2H2,1H3,(H3,12,13);1H. The van der Waals surface area contributed by atoms with Crippen molar-refractivity contribution in [2.45, 2.75) is 13.3 Å². The number of thiazole rings is 1. The first-order valence-electron chi connectivity index (χ1n) is 4.97. The molecule has 0 aliphatic carbocycles. The van der Waals surface area contributed by atoms with Crippen LogP contribution in [0.3, 0.4) is 0 Å². The van der Waals surface area contributed by atoms with Crippen LogP contribution in [0.25, 0.3) is 10.6 Å². The molecule has 0 spiro atoms. The molecule has 0 amide bonds. The minimum atomic E-state index is 0. The van der Waals surface area contributed by atoms with Gasteiger partial charge >= 0.3 is 0 Å². The molecule has 2 aromatic heterocycles. The first-order chi connectivity index (χ1) is 7.72. The number of nitrogen functional groups attached to an aromatic ring is 1. The van der Waals surface area contributed by atoms with Crippen molar-refractivity contribution in [1.29, 1.82) is 5.41 Å². The fourth-order valence-corrected chi connectivity index (χ4v) is 2.44. The van der Waals surface area contributed by atoms with E-state index in [-0.39, 0.29) is 18.2 Å². The van der Waals surface area contributed by atoms with Crippen molar-refractivity contribution in [3.63, 3.8) is 0 Å². The van der Waals surface area contributed by atoms with E-state index in [1.54, 1.807) is 23.7 Å². The van der Waals surface area contributed by atoms with Crippen LogP contribution < -0.4 is 5.73 Å². The number of amidine groups is 1. The van der Waals surface area contributed by atoms with Crippen LogP contribution in [0.5, 0.6) is 0 Å². The number of nitrogens with zero attached hydrogens (tertiary/aromatic N) is 2. The highest BCUT2D eigenvalue weighted by Crippen LogP contribution is 2.27. The molecule has 0 unspecified atom stereocenters. The van der Waals surface area contributed by atoms with Crippen LogP contribution in [0.2, 0.25) is 0 Å². The fourth-order valence-electron chi connectivity index (χ4n) is 1.42. The summed E-state index contributed by atoms with van der Waals surface area (Å²) in [4.78, 5) is 9.41. The van der Waals surface area contributed by atoms with Crippen molar-refractivity contribution >= 4 is 29.6 Å². The van der Waals surface area contributed by atoms with Gasteiger partial charge in [0.15, 0.2) is 0 Å². The van der Waals surface area contributed by atoms with Crippen LogP contribution in [0, 0.1) is 5.41 Å². The Morgan fingerprint density at radius 2 is 2.06 bits per heavy atom. The third kappa shape index (κ3) is 2.81. The quantitative estimate of drug-likeness (QED) is 0.663. The molecule has 3 N–H and O–H groups in total. The molecule has 0 atom stereocenters. The van der Waals surface area contributed by atoms with Crippen LogP contribution in [-0.4, -0.2) is 15.8 Å². The van der Waals surface area contributed by atoms with Gasteiger partial charge in [-0.25, -0.2) is 4.98 Å². The van der Waals surface area contributed by atoms with Gasteiger partial charge in [0.05, 0.1) is 0 Å². The molecule has 0 saturated carbocycles. The molecule has 4 nitrogen and oxygen atoms in total. The number of rotatable bonds is 3. The second-order valence-electron chi connectivity index (χ2n) is 3.29. The summed E-state index contributed by atoms with van der Waals surface area (Å²) in [7, 11) is 0. The smallest absolute Gasteiger partial charge is 0.142 e. The Bertz CT molecular complexity index is 509. The molecule has 0 aliphatic rings. The minimum Gasteiger partial charge on any atom is -0.382 e. The molecule has 0 aromatic carbocycles. The zero-order valence-electron chi connectivity index (χ0n) is 9.30. The van der Waals surface area contributed by atoms with E-state index in [9.17, 15) is 0 Å². The molecule has 2 rings (SSSR count). The Morgan fingerprint density at radius 1 is 1.41 bits per heavy atom. The van der Waals surface area contributed by atoms with Gasteiger partial charge in [-0.15, -0.1) is 23.7 Å². The molecule has 2 heterocycles. The topological polar surface area (TPSA) is 75.7 Å². The van der Waals surface area contributed by atoms with E-state index in [4.69, 9.17) is 11.1 Å². The molecule has 90 valence electrons. The zero-order chi connectivity index (χ0) is 11.5. The van der Waals surface area contributed by atoms with Crippen molar-refractivity contribution in [3.8, 4) is 10.6 Å². The lowest BCUT2D eigenvalue weighted by atomic mass is 10.2. The number of nitrogens with two attached hydrogens (primary N) is 1. The van der Waals surface area contributed by atoms with Gasteiger partial charge in [-0.05, 0) is 18.6 Å². The van der Waals surface area contributed by atoms with Gasteiger partial charge in [-0.2, -0.15) is 0 Å². The number of hydrogen-bond donors (Lipinski definition) is 2. The Balaban J connectivity index is 0.00000144. The van der Waals surface area contributed by atoms with Crippen LogP contribution in [0.4, 0.5) is 0 Å². The average molecular weight is 269 g/mol. The summed E-state index contributed by atoms with van der Waals surface area (Å²) in [5, 5.41) is 8.36. The lowest BCUT2D eigenvalue weighted by Crippen LogP contribution is -2.13. The van der Waals surface area contributed by atoms with Gasteiger partial charge in [0.25, 0.3) is 0 Å². The summed E-state index contributed by atoms with van der Waals surface area (Å²) >= 11 is 1.58. The molecule has 0 bridgehead atoms. The van der Waals surface area contributed by atoms with Crippen molar-refractivity contribution in [3.05, 3.63) is 35.1 Å².